The quantitative estimate of drug-likeness (QED) is 0.455. The topological polar surface area (TPSA) is 71.1 Å². The summed E-state index contributed by atoms with van der Waals surface area (Å²) in [6.07, 6.45) is 2.55. The fraction of sp³-hybridized carbons (Fsp3) is 0.130. The van der Waals surface area contributed by atoms with Crippen molar-refractivity contribution in [3.8, 4) is 22.9 Å². The highest BCUT2D eigenvalue weighted by Gasteiger charge is 2.15. The van der Waals surface area contributed by atoms with Gasteiger partial charge in [-0.3, -0.25) is 0 Å². The molecule has 144 valence electrons. The Balaban J connectivity index is 1.37. The van der Waals surface area contributed by atoms with E-state index in [-0.39, 0.29) is 0 Å². The van der Waals surface area contributed by atoms with Crippen molar-refractivity contribution in [2.45, 2.75) is 6.42 Å². The summed E-state index contributed by atoms with van der Waals surface area (Å²) in [4.78, 5) is 9.84. The van der Waals surface area contributed by atoms with Crippen molar-refractivity contribution in [3.05, 3.63) is 78.3 Å². The number of aromatic amines is 1. The number of rotatable bonds is 5. The summed E-state index contributed by atoms with van der Waals surface area (Å²) in [7, 11) is 4.04. The Bertz CT molecular complexity index is 1260. The number of nitrogens with zero attached hydrogens (tertiary/aromatic N) is 3. The average molecular weight is 384 g/mol. The van der Waals surface area contributed by atoms with Crippen LogP contribution in [0, 0.1) is 0 Å². The summed E-state index contributed by atoms with van der Waals surface area (Å²) >= 11 is 0. The first-order chi connectivity index (χ1) is 14.2. The number of nitrogens with one attached hydrogen (secondary N) is 1. The molecule has 0 unspecified atom stereocenters. The lowest BCUT2D eigenvalue weighted by atomic mass is 10.1. The van der Waals surface area contributed by atoms with E-state index in [9.17, 15) is 0 Å². The van der Waals surface area contributed by atoms with E-state index in [1.807, 2.05) is 62.8 Å². The highest BCUT2D eigenvalue weighted by Crippen LogP contribution is 2.29. The van der Waals surface area contributed by atoms with Gasteiger partial charge in [-0.05, 0) is 48.0 Å². The minimum absolute atomic E-state index is 0.455. The molecule has 29 heavy (non-hydrogen) atoms. The Morgan fingerprint density at radius 2 is 1.72 bits per heavy atom. The Hall–Kier alpha value is -3.80. The monoisotopic (exact) mass is 384 g/mol. The molecule has 3 aromatic heterocycles. The van der Waals surface area contributed by atoms with Crippen molar-refractivity contribution in [3.63, 3.8) is 0 Å². The molecule has 1 N–H and O–H groups in total. The zero-order chi connectivity index (χ0) is 19.8. The van der Waals surface area contributed by atoms with Gasteiger partial charge in [0.15, 0.2) is 5.76 Å². The van der Waals surface area contributed by atoms with Gasteiger partial charge >= 0.3 is 0 Å². The fourth-order valence-electron chi connectivity index (χ4n) is 3.40. The number of fused-ring (bicyclic) bond motifs is 1. The summed E-state index contributed by atoms with van der Waals surface area (Å²) in [6, 6.07) is 20.2. The van der Waals surface area contributed by atoms with Crippen molar-refractivity contribution in [2.24, 2.45) is 0 Å². The Morgan fingerprint density at radius 3 is 2.55 bits per heavy atom. The highest BCUT2D eigenvalue weighted by atomic mass is 16.5. The number of para-hydroxylation sites is 1. The molecule has 0 atom stereocenters. The minimum Gasteiger partial charge on any atom is -0.453 e. The van der Waals surface area contributed by atoms with Gasteiger partial charge < -0.3 is 18.8 Å². The Morgan fingerprint density at radius 1 is 0.931 bits per heavy atom. The van der Waals surface area contributed by atoms with Gasteiger partial charge in [0.1, 0.15) is 5.76 Å². The standard InChI is InChI=1S/C23H20N4O2/c1-27(2)17-9-7-15(8-10-17)20-11-12-21(28-20)23-25-22(29-26-23)13-16-14-24-19-6-4-3-5-18(16)19/h3-12,14,24H,13H2,1-2H3. The molecule has 6 nitrogen and oxygen atoms in total. The van der Waals surface area contributed by atoms with Gasteiger partial charge in [-0.1, -0.05) is 23.4 Å². The van der Waals surface area contributed by atoms with E-state index in [1.165, 1.54) is 0 Å². The molecule has 3 heterocycles. The number of hydrogen-bond acceptors (Lipinski definition) is 5. The second-order valence-electron chi connectivity index (χ2n) is 7.15. The third kappa shape index (κ3) is 3.29. The summed E-state index contributed by atoms with van der Waals surface area (Å²) < 4.78 is 11.4. The second kappa shape index (κ2) is 6.98. The lowest BCUT2D eigenvalue weighted by molar-refractivity contribution is 0.384. The molecule has 0 spiro atoms. The van der Waals surface area contributed by atoms with Crippen LogP contribution in [-0.2, 0) is 6.42 Å². The van der Waals surface area contributed by atoms with Crippen LogP contribution >= 0.6 is 0 Å². The van der Waals surface area contributed by atoms with E-state index >= 15 is 0 Å². The van der Waals surface area contributed by atoms with Crippen LogP contribution in [0.1, 0.15) is 11.5 Å². The molecule has 2 aromatic carbocycles. The minimum atomic E-state index is 0.455. The molecule has 0 saturated heterocycles. The smallest absolute Gasteiger partial charge is 0.238 e. The van der Waals surface area contributed by atoms with Crippen LogP contribution in [0.25, 0.3) is 33.8 Å². The fourth-order valence-corrected chi connectivity index (χ4v) is 3.40. The van der Waals surface area contributed by atoms with Crippen LogP contribution in [0.2, 0.25) is 0 Å². The van der Waals surface area contributed by atoms with Crippen molar-refractivity contribution in [1.29, 1.82) is 0 Å². The molecule has 5 aromatic rings. The van der Waals surface area contributed by atoms with Gasteiger partial charge in [-0.2, -0.15) is 4.98 Å². The largest absolute Gasteiger partial charge is 0.453 e. The first-order valence-corrected chi connectivity index (χ1v) is 9.43. The summed E-state index contributed by atoms with van der Waals surface area (Å²) in [5.74, 6) is 2.37. The van der Waals surface area contributed by atoms with E-state index in [1.54, 1.807) is 0 Å². The number of aromatic nitrogens is 3. The van der Waals surface area contributed by atoms with E-state index in [0.717, 1.165) is 33.5 Å². The van der Waals surface area contributed by atoms with Crippen LogP contribution in [-0.4, -0.2) is 29.2 Å². The van der Waals surface area contributed by atoms with Gasteiger partial charge in [0.2, 0.25) is 11.7 Å². The maximum absolute atomic E-state index is 5.97. The predicted molar refractivity (Wildman–Crippen MR) is 113 cm³/mol. The van der Waals surface area contributed by atoms with Crippen LogP contribution in [0.3, 0.4) is 0 Å². The van der Waals surface area contributed by atoms with Crippen molar-refractivity contribution < 1.29 is 8.94 Å². The second-order valence-corrected chi connectivity index (χ2v) is 7.15. The van der Waals surface area contributed by atoms with Gasteiger partial charge in [0.25, 0.3) is 0 Å². The van der Waals surface area contributed by atoms with Gasteiger partial charge in [-0.25, -0.2) is 0 Å². The molecule has 0 saturated carbocycles. The molecule has 0 radical (unpaired) electrons. The third-order valence-corrected chi connectivity index (χ3v) is 4.98. The molecule has 0 aliphatic rings. The summed E-state index contributed by atoms with van der Waals surface area (Å²) in [5, 5.41) is 5.26. The molecule has 5 rings (SSSR count). The summed E-state index contributed by atoms with van der Waals surface area (Å²) in [6.45, 7) is 0. The Labute approximate surface area is 167 Å². The maximum Gasteiger partial charge on any atom is 0.238 e. The Kier molecular flexibility index (Phi) is 4.17. The lowest BCUT2D eigenvalue weighted by Gasteiger charge is -2.12. The molecular weight excluding hydrogens is 364 g/mol. The van der Waals surface area contributed by atoms with E-state index < -0.39 is 0 Å². The van der Waals surface area contributed by atoms with E-state index in [0.29, 0.717) is 23.9 Å². The SMILES string of the molecule is CN(C)c1ccc(-c2ccc(-c3noc(Cc4c[nH]c5ccccc45)n3)o2)cc1. The van der Waals surface area contributed by atoms with Crippen molar-refractivity contribution in [2.75, 3.05) is 19.0 Å². The first-order valence-electron chi connectivity index (χ1n) is 9.43. The lowest BCUT2D eigenvalue weighted by Crippen LogP contribution is -2.07. The van der Waals surface area contributed by atoms with Crippen LogP contribution in [0.15, 0.2) is 75.8 Å². The molecule has 0 aliphatic heterocycles. The average Bonchev–Trinajstić information content (AvgIpc) is 3.48. The van der Waals surface area contributed by atoms with Crippen molar-refractivity contribution in [1.82, 2.24) is 15.1 Å². The number of furan rings is 1. The van der Waals surface area contributed by atoms with E-state index in [4.69, 9.17) is 8.94 Å². The third-order valence-electron chi connectivity index (χ3n) is 4.98. The summed E-state index contributed by atoms with van der Waals surface area (Å²) in [5.41, 5.74) is 4.36. The zero-order valence-corrected chi connectivity index (χ0v) is 16.2. The van der Waals surface area contributed by atoms with Gasteiger partial charge in [0.05, 0.1) is 6.42 Å². The maximum atomic E-state index is 5.97. The number of hydrogen-bond donors (Lipinski definition) is 1. The zero-order valence-electron chi connectivity index (χ0n) is 16.2. The van der Waals surface area contributed by atoms with Crippen LogP contribution in [0.5, 0.6) is 0 Å². The van der Waals surface area contributed by atoms with Crippen LogP contribution < -0.4 is 4.90 Å². The van der Waals surface area contributed by atoms with Gasteiger partial charge in [0, 0.05) is 42.4 Å². The highest BCUT2D eigenvalue weighted by molar-refractivity contribution is 5.83. The molecule has 0 bridgehead atoms. The van der Waals surface area contributed by atoms with Crippen LogP contribution in [0.4, 0.5) is 5.69 Å². The van der Waals surface area contributed by atoms with Gasteiger partial charge in [-0.15, -0.1) is 0 Å². The normalized spacial score (nSPS) is 11.2. The van der Waals surface area contributed by atoms with E-state index in [2.05, 4.69) is 38.2 Å². The first kappa shape index (κ1) is 17.3. The molecule has 0 aliphatic carbocycles. The number of H-pyrrole nitrogens is 1. The molecule has 0 amide bonds. The molecule has 6 heteroatoms. The number of benzene rings is 2. The van der Waals surface area contributed by atoms with Crippen molar-refractivity contribution >= 4 is 16.6 Å². The predicted octanol–water partition coefficient (Wildman–Crippen LogP) is 5.13. The number of anilines is 1. The molecule has 0 fully saturated rings. The molecular formula is C23H20N4O2.